The van der Waals surface area contributed by atoms with Crippen molar-refractivity contribution >= 4 is 11.6 Å². The minimum atomic E-state index is -0.522. The average molecular weight is 240 g/mol. The number of ether oxygens (including phenoxy) is 1. The molecular formula is C10H7ClFN3O. The SMILES string of the molecule is Fc1ccc(COc2cncc(Cl)n2)cn1. The number of halogens is 2. The Balaban J connectivity index is 1.99. The van der Waals surface area contributed by atoms with Gasteiger partial charge < -0.3 is 4.74 Å². The van der Waals surface area contributed by atoms with Crippen LogP contribution < -0.4 is 4.74 Å². The summed E-state index contributed by atoms with van der Waals surface area (Å²) in [6.07, 6.45) is 4.25. The molecule has 0 fully saturated rings. The van der Waals surface area contributed by atoms with Gasteiger partial charge in [-0.2, -0.15) is 9.37 Å². The molecule has 0 aromatic carbocycles. The maximum Gasteiger partial charge on any atom is 0.234 e. The predicted molar refractivity (Wildman–Crippen MR) is 55.6 cm³/mol. The zero-order valence-corrected chi connectivity index (χ0v) is 8.86. The first-order valence-electron chi connectivity index (χ1n) is 4.45. The quantitative estimate of drug-likeness (QED) is 0.771. The van der Waals surface area contributed by atoms with Crippen LogP contribution in [0, 0.1) is 5.95 Å². The number of hydrogen-bond donors (Lipinski definition) is 0. The summed E-state index contributed by atoms with van der Waals surface area (Å²) in [6.45, 7) is 0.238. The van der Waals surface area contributed by atoms with Crippen LogP contribution in [0.1, 0.15) is 5.56 Å². The molecule has 0 saturated heterocycles. The van der Waals surface area contributed by atoms with Gasteiger partial charge in [0, 0.05) is 11.8 Å². The third-order valence-corrected chi connectivity index (χ3v) is 1.94. The molecule has 2 heterocycles. The van der Waals surface area contributed by atoms with Gasteiger partial charge in [0.2, 0.25) is 11.8 Å². The first kappa shape index (κ1) is 10.8. The molecule has 2 aromatic rings. The molecule has 0 amide bonds. The number of rotatable bonds is 3. The van der Waals surface area contributed by atoms with Crippen LogP contribution >= 0.6 is 11.6 Å². The molecule has 6 heteroatoms. The van der Waals surface area contributed by atoms with E-state index in [0.717, 1.165) is 5.56 Å². The van der Waals surface area contributed by atoms with E-state index < -0.39 is 5.95 Å². The molecule has 4 nitrogen and oxygen atoms in total. The zero-order valence-electron chi connectivity index (χ0n) is 8.10. The summed E-state index contributed by atoms with van der Waals surface area (Å²) < 4.78 is 17.8. The number of aromatic nitrogens is 3. The van der Waals surface area contributed by atoms with Crippen LogP contribution in [0.4, 0.5) is 4.39 Å². The van der Waals surface area contributed by atoms with E-state index in [0.29, 0.717) is 5.88 Å². The first-order valence-corrected chi connectivity index (χ1v) is 4.82. The normalized spacial score (nSPS) is 10.1. The van der Waals surface area contributed by atoms with Gasteiger partial charge >= 0.3 is 0 Å². The lowest BCUT2D eigenvalue weighted by molar-refractivity contribution is 0.292. The highest BCUT2D eigenvalue weighted by Crippen LogP contribution is 2.11. The average Bonchev–Trinajstić information content (AvgIpc) is 2.28. The van der Waals surface area contributed by atoms with Crippen LogP contribution in [0.2, 0.25) is 5.15 Å². The standard InChI is InChI=1S/C10H7ClFN3O/c11-8-4-13-5-10(15-8)16-6-7-1-2-9(12)14-3-7/h1-5H,6H2. The molecule has 2 rings (SSSR count). The van der Waals surface area contributed by atoms with Crippen molar-refractivity contribution in [3.8, 4) is 5.88 Å². The highest BCUT2D eigenvalue weighted by Gasteiger charge is 1.99. The largest absolute Gasteiger partial charge is 0.472 e. The second-order valence-corrected chi connectivity index (χ2v) is 3.35. The highest BCUT2D eigenvalue weighted by atomic mass is 35.5. The van der Waals surface area contributed by atoms with Crippen molar-refractivity contribution in [1.82, 2.24) is 15.0 Å². The molecule has 0 N–H and O–H groups in total. The molecular weight excluding hydrogens is 233 g/mol. The maximum absolute atomic E-state index is 12.5. The summed E-state index contributed by atoms with van der Waals surface area (Å²) in [5, 5.41) is 0.259. The first-order chi connectivity index (χ1) is 7.74. The van der Waals surface area contributed by atoms with Gasteiger partial charge in [-0.15, -0.1) is 0 Å². The van der Waals surface area contributed by atoms with Crippen molar-refractivity contribution in [2.45, 2.75) is 6.61 Å². The van der Waals surface area contributed by atoms with Gasteiger partial charge in [-0.3, -0.25) is 4.98 Å². The van der Waals surface area contributed by atoms with Crippen molar-refractivity contribution < 1.29 is 9.13 Å². The van der Waals surface area contributed by atoms with E-state index >= 15 is 0 Å². The smallest absolute Gasteiger partial charge is 0.234 e. The van der Waals surface area contributed by atoms with Gasteiger partial charge in [-0.1, -0.05) is 11.6 Å². The van der Waals surface area contributed by atoms with E-state index in [1.807, 2.05) is 0 Å². The molecule has 0 spiro atoms. The summed E-state index contributed by atoms with van der Waals surface area (Å²) in [7, 11) is 0. The minimum Gasteiger partial charge on any atom is -0.472 e. The van der Waals surface area contributed by atoms with E-state index in [4.69, 9.17) is 16.3 Å². The summed E-state index contributed by atoms with van der Waals surface area (Å²) in [4.78, 5) is 11.2. The minimum absolute atomic E-state index is 0.238. The van der Waals surface area contributed by atoms with Crippen LogP contribution in [-0.4, -0.2) is 15.0 Å². The molecule has 0 saturated carbocycles. The van der Waals surface area contributed by atoms with Gasteiger partial charge in [0.1, 0.15) is 6.61 Å². The third kappa shape index (κ3) is 2.87. The fourth-order valence-electron chi connectivity index (χ4n) is 1.04. The molecule has 0 atom stereocenters. The molecule has 2 aromatic heterocycles. The number of nitrogens with zero attached hydrogens (tertiary/aromatic N) is 3. The Bertz CT molecular complexity index is 478. The Labute approximate surface area is 96.1 Å². The lowest BCUT2D eigenvalue weighted by atomic mass is 10.3. The lowest BCUT2D eigenvalue weighted by Gasteiger charge is -2.04. The molecule has 0 aliphatic carbocycles. The number of hydrogen-bond acceptors (Lipinski definition) is 4. The van der Waals surface area contributed by atoms with Gasteiger partial charge in [-0.05, 0) is 12.1 Å². The molecule has 0 bridgehead atoms. The van der Waals surface area contributed by atoms with Crippen molar-refractivity contribution in [2.24, 2.45) is 0 Å². The topological polar surface area (TPSA) is 47.9 Å². The Morgan fingerprint density at radius 2 is 2.12 bits per heavy atom. The van der Waals surface area contributed by atoms with Gasteiger partial charge in [-0.25, -0.2) is 4.98 Å². The fourth-order valence-corrected chi connectivity index (χ4v) is 1.18. The molecule has 0 unspecified atom stereocenters. The maximum atomic E-state index is 12.5. The second-order valence-electron chi connectivity index (χ2n) is 2.96. The Hall–Kier alpha value is -1.75. The molecule has 0 aliphatic rings. The second kappa shape index (κ2) is 4.85. The zero-order chi connectivity index (χ0) is 11.4. The molecule has 0 radical (unpaired) electrons. The monoisotopic (exact) mass is 239 g/mol. The highest BCUT2D eigenvalue weighted by molar-refractivity contribution is 6.29. The van der Waals surface area contributed by atoms with Crippen molar-refractivity contribution in [2.75, 3.05) is 0 Å². The van der Waals surface area contributed by atoms with Crippen molar-refractivity contribution in [3.05, 3.63) is 47.4 Å². The molecule has 16 heavy (non-hydrogen) atoms. The summed E-state index contributed by atoms with van der Waals surface area (Å²) >= 11 is 5.63. The fraction of sp³-hybridized carbons (Fsp3) is 0.100. The third-order valence-electron chi connectivity index (χ3n) is 1.76. The molecule has 82 valence electrons. The Kier molecular flexibility index (Phi) is 3.26. The number of pyridine rings is 1. The lowest BCUT2D eigenvalue weighted by Crippen LogP contribution is -1.98. The van der Waals surface area contributed by atoms with Gasteiger partial charge in [0.25, 0.3) is 0 Å². The predicted octanol–water partition coefficient (Wildman–Crippen LogP) is 2.24. The summed E-state index contributed by atoms with van der Waals surface area (Å²) in [5.74, 6) is -0.205. The van der Waals surface area contributed by atoms with E-state index in [-0.39, 0.29) is 11.8 Å². The van der Waals surface area contributed by atoms with E-state index in [1.54, 1.807) is 6.07 Å². The van der Waals surface area contributed by atoms with E-state index in [2.05, 4.69) is 15.0 Å². The van der Waals surface area contributed by atoms with Crippen LogP contribution in [0.25, 0.3) is 0 Å². The van der Waals surface area contributed by atoms with Gasteiger partial charge in [0.05, 0.1) is 12.4 Å². The van der Waals surface area contributed by atoms with Crippen molar-refractivity contribution in [1.29, 1.82) is 0 Å². The van der Waals surface area contributed by atoms with Crippen molar-refractivity contribution in [3.63, 3.8) is 0 Å². The van der Waals surface area contributed by atoms with E-state index in [1.165, 1.54) is 24.7 Å². The molecule has 0 aliphatic heterocycles. The van der Waals surface area contributed by atoms with Gasteiger partial charge in [0.15, 0.2) is 5.15 Å². The van der Waals surface area contributed by atoms with Crippen LogP contribution in [0.15, 0.2) is 30.7 Å². The summed E-state index contributed by atoms with van der Waals surface area (Å²) in [5.41, 5.74) is 0.739. The summed E-state index contributed by atoms with van der Waals surface area (Å²) in [6, 6.07) is 2.85. The Morgan fingerprint density at radius 3 is 2.81 bits per heavy atom. The van der Waals surface area contributed by atoms with Crippen LogP contribution in [-0.2, 0) is 6.61 Å². The van der Waals surface area contributed by atoms with Crippen LogP contribution in [0.3, 0.4) is 0 Å². The van der Waals surface area contributed by atoms with Crippen LogP contribution in [0.5, 0.6) is 5.88 Å². The Morgan fingerprint density at radius 1 is 1.25 bits per heavy atom. The van der Waals surface area contributed by atoms with E-state index in [9.17, 15) is 4.39 Å².